The van der Waals surface area contributed by atoms with Gasteiger partial charge < -0.3 is 24.2 Å². The minimum atomic E-state index is -1.19. The average Bonchev–Trinajstić information content (AvgIpc) is 3.29. The Kier molecular flexibility index (Phi) is 8.41. The first-order chi connectivity index (χ1) is 19.4. The van der Waals surface area contributed by atoms with Crippen molar-refractivity contribution in [3.63, 3.8) is 0 Å². The van der Waals surface area contributed by atoms with Gasteiger partial charge in [0.15, 0.2) is 11.8 Å². The SMILES string of the molecule is Cc1ccc2c(c1)CCCCOC1(C)CCN(CC1)c1c(C(OC(C)(C)C)C(=O)O)c(C)nc3cc(nn13)COC2. The van der Waals surface area contributed by atoms with Gasteiger partial charge in [-0.2, -0.15) is 9.61 Å². The lowest BCUT2D eigenvalue weighted by atomic mass is 9.92. The van der Waals surface area contributed by atoms with Crippen LogP contribution in [0.25, 0.3) is 5.65 Å². The lowest BCUT2D eigenvalue weighted by Gasteiger charge is -2.41. The first-order valence-electron chi connectivity index (χ1n) is 14.8. The molecular formula is C32H44N4O5. The van der Waals surface area contributed by atoms with Crippen molar-refractivity contribution in [2.75, 3.05) is 24.6 Å². The maximum absolute atomic E-state index is 12.6. The number of ether oxygens (including phenoxy) is 3. The molecule has 1 fully saturated rings. The molecule has 6 rings (SSSR count). The van der Waals surface area contributed by atoms with Gasteiger partial charge in [0.05, 0.1) is 35.7 Å². The van der Waals surface area contributed by atoms with Crippen molar-refractivity contribution in [1.82, 2.24) is 14.6 Å². The van der Waals surface area contributed by atoms with Gasteiger partial charge >= 0.3 is 5.97 Å². The van der Waals surface area contributed by atoms with E-state index in [1.54, 1.807) is 4.52 Å². The third kappa shape index (κ3) is 6.74. The molecule has 0 spiro atoms. The van der Waals surface area contributed by atoms with Crippen molar-refractivity contribution < 1.29 is 24.1 Å². The first kappa shape index (κ1) is 29.5. The van der Waals surface area contributed by atoms with Crippen molar-refractivity contribution >= 4 is 17.4 Å². The standard InChI is InChI=1S/C32H44N4O5/c1-21-10-11-24-19-39-20-25-18-26-33-22(2)27(28(30(37)38)41-31(3,4)5)29(36(26)34-25)35-14-12-32(6,13-15-35)40-16-8-7-9-23(24)17-21/h10-11,17-18,28H,7-9,12-16,19-20H2,1-6H3,(H,37,38). The maximum atomic E-state index is 12.6. The van der Waals surface area contributed by atoms with Gasteiger partial charge in [0.1, 0.15) is 5.82 Å². The summed E-state index contributed by atoms with van der Waals surface area (Å²) in [4.78, 5) is 19.6. The van der Waals surface area contributed by atoms with Crippen LogP contribution in [-0.2, 0) is 38.6 Å². The van der Waals surface area contributed by atoms with Crippen LogP contribution in [0.15, 0.2) is 24.3 Å². The summed E-state index contributed by atoms with van der Waals surface area (Å²) < 4.78 is 20.6. The van der Waals surface area contributed by atoms with Crippen molar-refractivity contribution in [1.29, 1.82) is 0 Å². The van der Waals surface area contributed by atoms with Crippen LogP contribution in [0.4, 0.5) is 5.82 Å². The molecule has 1 atom stereocenters. The number of hydrogen-bond acceptors (Lipinski definition) is 7. The summed E-state index contributed by atoms with van der Waals surface area (Å²) in [5.41, 5.74) is 5.45. The number of carboxylic acids is 1. The Morgan fingerprint density at radius 2 is 1.85 bits per heavy atom. The third-order valence-electron chi connectivity index (χ3n) is 8.09. The molecule has 1 N–H and O–H groups in total. The van der Waals surface area contributed by atoms with E-state index in [4.69, 9.17) is 24.3 Å². The second kappa shape index (κ2) is 11.7. The number of carboxylic acid groups (broad SMARTS) is 1. The predicted octanol–water partition coefficient (Wildman–Crippen LogP) is 5.72. The van der Waals surface area contributed by atoms with E-state index in [2.05, 4.69) is 36.9 Å². The molecule has 2 aromatic heterocycles. The van der Waals surface area contributed by atoms with E-state index in [1.165, 1.54) is 16.7 Å². The summed E-state index contributed by atoms with van der Waals surface area (Å²) in [7, 11) is 0. The lowest BCUT2D eigenvalue weighted by Crippen LogP contribution is -2.46. The predicted molar refractivity (Wildman–Crippen MR) is 157 cm³/mol. The Labute approximate surface area is 242 Å². The Balaban J connectivity index is 1.58. The molecule has 1 aromatic carbocycles. The molecule has 9 nitrogen and oxygen atoms in total. The summed E-state index contributed by atoms with van der Waals surface area (Å²) >= 11 is 0. The Bertz CT molecular complexity index is 1400. The van der Waals surface area contributed by atoms with E-state index in [9.17, 15) is 9.90 Å². The van der Waals surface area contributed by atoms with Crippen molar-refractivity contribution in [2.45, 2.75) is 104 Å². The second-order valence-electron chi connectivity index (χ2n) is 12.8. The number of aromatic nitrogens is 3. The van der Waals surface area contributed by atoms with Gasteiger partial charge in [-0.3, -0.25) is 0 Å². The zero-order chi connectivity index (χ0) is 29.4. The van der Waals surface area contributed by atoms with E-state index in [0.29, 0.717) is 43.2 Å². The highest BCUT2D eigenvalue weighted by Gasteiger charge is 2.37. The van der Waals surface area contributed by atoms with Gasteiger partial charge in [0, 0.05) is 31.5 Å². The zero-order valence-corrected chi connectivity index (χ0v) is 25.3. The average molecular weight is 565 g/mol. The highest BCUT2D eigenvalue weighted by atomic mass is 16.5. The number of piperidine rings is 1. The topological polar surface area (TPSA) is 98.4 Å². The molecule has 3 aliphatic rings. The second-order valence-corrected chi connectivity index (χ2v) is 12.8. The third-order valence-corrected chi connectivity index (χ3v) is 8.09. The molecule has 9 heteroatoms. The maximum Gasteiger partial charge on any atom is 0.337 e. The molecule has 0 saturated carbocycles. The Morgan fingerprint density at radius 3 is 2.56 bits per heavy atom. The highest BCUT2D eigenvalue weighted by molar-refractivity contribution is 5.78. The number of aliphatic carboxylic acids is 1. The molecule has 3 aromatic rings. The van der Waals surface area contributed by atoms with Crippen molar-refractivity contribution in [3.8, 4) is 0 Å². The number of nitrogens with zero attached hydrogens (tertiary/aromatic N) is 4. The quantitative estimate of drug-likeness (QED) is 0.432. The molecular weight excluding hydrogens is 520 g/mol. The van der Waals surface area contributed by atoms with Crippen molar-refractivity contribution in [3.05, 3.63) is 57.9 Å². The van der Waals surface area contributed by atoms with E-state index in [-0.39, 0.29) is 5.60 Å². The summed E-state index contributed by atoms with van der Waals surface area (Å²) in [5, 5.41) is 15.2. The van der Waals surface area contributed by atoms with Gasteiger partial charge in [0.25, 0.3) is 0 Å². The minimum absolute atomic E-state index is 0.227. The smallest absolute Gasteiger partial charge is 0.337 e. The molecule has 3 aliphatic heterocycles. The Morgan fingerprint density at radius 1 is 1.10 bits per heavy atom. The summed E-state index contributed by atoms with van der Waals surface area (Å²) in [6.45, 7) is 14.7. The molecule has 222 valence electrons. The van der Waals surface area contributed by atoms with Crippen LogP contribution in [0, 0.1) is 13.8 Å². The molecule has 41 heavy (non-hydrogen) atoms. The zero-order valence-electron chi connectivity index (χ0n) is 25.3. The van der Waals surface area contributed by atoms with Gasteiger partial charge in [0.2, 0.25) is 0 Å². The molecule has 5 heterocycles. The van der Waals surface area contributed by atoms with Crippen molar-refractivity contribution in [2.24, 2.45) is 0 Å². The highest BCUT2D eigenvalue weighted by Crippen LogP contribution is 2.38. The van der Waals surface area contributed by atoms with E-state index >= 15 is 0 Å². The molecule has 0 radical (unpaired) electrons. The van der Waals surface area contributed by atoms with Crippen LogP contribution in [0.1, 0.15) is 93.1 Å². The van der Waals surface area contributed by atoms with Gasteiger partial charge in [-0.05, 0) is 84.8 Å². The minimum Gasteiger partial charge on any atom is -0.479 e. The van der Waals surface area contributed by atoms with E-state index in [1.807, 2.05) is 33.8 Å². The number of benzene rings is 1. The van der Waals surface area contributed by atoms with Crippen LogP contribution >= 0.6 is 0 Å². The van der Waals surface area contributed by atoms with Gasteiger partial charge in [-0.25, -0.2) is 9.78 Å². The fourth-order valence-corrected chi connectivity index (χ4v) is 5.90. The lowest BCUT2D eigenvalue weighted by molar-refractivity contribution is -0.160. The molecule has 4 bridgehead atoms. The fourth-order valence-electron chi connectivity index (χ4n) is 5.90. The number of anilines is 1. The largest absolute Gasteiger partial charge is 0.479 e. The number of rotatable bonds is 3. The number of carbonyl (C=O) groups is 1. The van der Waals surface area contributed by atoms with E-state index < -0.39 is 17.7 Å². The first-order valence-corrected chi connectivity index (χ1v) is 14.8. The van der Waals surface area contributed by atoms with Gasteiger partial charge in [-0.1, -0.05) is 23.8 Å². The van der Waals surface area contributed by atoms with Crippen LogP contribution < -0.4 is 4.90 Å². The molecule has 0 aliphatic carbocycles. The normalized spacial score (nSPS) is 19.1. The molecule has 0 amide bonds. The number of hydrogen-bond donors (Lipinski definition) is 1. The van der Waals surface area contributed by atoms with Crippen LogP contribution in [0.3, 0.4) is 0 Å². The summed E-state index contributed by atoms with van der Waals surface area (Å²) in [6.07, 6.45) is 3.52. The summed E-state index contributed by atoms with van der Waals surface area (Å²) in [5.74, 6) is -0.325. The fraction of sp³-hybridized carbons (Fsp3) is 0.594. The van der Waals surface area contributed by atoms with Crippen LogP contribution in [0.2, 0.25) is 0 Å². The summed E-state index contributed by atoms with van der Waals surface area (Å²) in [6, 6.07) is 8.49. The van der Waals surface area contributed by atoms with E-state index in [0.717, 1.165) is 50.2 Å². The molecule has 1 unspecified atom stereocenters. The Hall–Kier alpha value is -3.01. The number of fused-ring (bicyclic) bond motifs is 8. The number of aryl methyl sites for hydroxylation is 3. The van der Waals surface area contributed by atoms with Crippen LogP contribution in [0.5, 0.6) is 0 Å². The monoisotopic (exact) mass is 564 g/mol. The van der Waals surface area contributed by atoms with Crippen LogP contribution in [-0.4, -0.2) is 56.6 Å². The molecule has 1 saturated heterocycles. The van der Waals surface area contributed by atoms with Gasteiger partial charge in [-0.15, -0.1) is 0 Å².